The van der Waals surface area contributed by atoms with Crippen molar-refractivity contribution in [1.29, 1.82) is 0 Å². The van der Waals surface area contributed by atoms with Gasteiger partial charge in [0.05, 0.1) is 17.0 Å². The van der Waals surface area contributed by atoms with E-state index in [1.54, 1.807) is 0 Å². The highest BCUT2D eigenvalue weighted by Crippen LogP contribution is 2.32. The standard InChI is InChI=1S/C20H22O4S/c1-2-5-18(21)23-10-4-3-6-14-7-8-17-16(12-14)19(22)20-15(13-24-17)9-11-25-20/h7-9,11-12H,2-6,10,13H2,1H3. The molecule has 0 N–H and O–H groups in total. The molecule has 0 bridgehead atoms. The fourth-order valence-corrected chi connectivity index (χ4v) is 3.72. The molecule has 2 aromatic rings. The molecule has 0 aliphatic carbocycles. The van der Waals surface area contributed by atoms with Gasteiger partial charge in [0.2, 0.25) is 5.78 Å². The molecule has 25 heavy (non-hydrogen) atoms. The van der Waals surface area contributed by atoms with Crippen LogP contribution in [0.1, 0.15) is 59.0 Å². The summed E-state index contributed by atoms with van der Waals surface area (Å²) in [5, 5.41) is 1.93. The molecule has 0 atom stereocenters. The van der Waals surface area contributed by atoms with Crippen LogP contribution in [0.3, 0.4) is 0 Å². The fraction of sp³-hybridized carbons (Fsp3) is 0.400. The SMILES string of the molecule is CCCC(=O)OCCCCc1ccc2c(c1)C(=O)c1sccc1CO2. The van der Waals surface area contributed by atoms with E-state index >= 15 is 0 Å². The topological polar surface area (TPSA) is 52.6 Å². The van der Waals surface area contributed by atoms with Gasteiger partial charge in [-0.25, -0.2) is 0 Å². The second-order valence-corrected chi connectivity index (χ2v) is 7.07. The van der Waals surface area contributed by atoms with Gasteiger partial charge in [-0.15, -0.1) is 11.3 Å². The van der Waals surface area contributed by atoms with Crippen molar-refractivity contribution in [2.24, 2.45) is 0 Å². The molecule has 2 heterocycles. The van der Waals surface area contributed by atoms with Crippen LogP contribution in [0.15, 0.2) is 29.6 Å². The number of carbonyl (C=O) groups excluding carboxylic acids is 2. The molecule has 132 valence electrons. The molecule has 0 unspecified atom stereocenters. The molecule has 0 amide bonds. The second kappa shape index (κ2) is 8.30. The Hall–Kier alpha value is -2.14. The smallest absolute Gasteiger partial charge is 0.305 e. The van der Waals surface area contributed by atoms with E-state index in [-0.39, 0.29) is 11.8 Å². The number of aryl methyl sites for hydroxylation is 1. The molecule has 0 radical (unpaired) electrons. The zero-order valence-corrected chi connectivity index (χ0v) is 15.2. The number of thiophene rings is 1. The van der Waals surface area contributed by atoms with E-state index in [1.807, 2.05) is 36.6 Å². The van der Waals surface area contributed by atoms with Crippen LogP contribution in [0.2, 0.25) is 0 Å². The maximum Gasteiger partial charge on any atom is 0.305 e. The lowest BCUT2D eigenvalue weighted by atomic mass is 10.0. The second-order valence-electron chi connectivity index (χ2n) is 6.15. The van der Waals surface area contributed by atoms with Crippen LogP contribution in [-0.2, 0) is 22.6 Å². The van der Waals surface area contributed by atoms with Gasteiger partial charge in [0, 0.05) is 12.0 Å². The van der Waals surface area contributed by atoms with Gasteiger partial charge in [-0.05, 0) is 54.8 Å². The summed E-state index contributed by atoms with van der Waals surface area (Å²) in [4.78, 5) is 24.8. The highest BCUT2D eigenvalue weighted by atomic mass is 32.1. The van der Waals surface area contributed by atoms with Gasteiger partial charge in [-0.3, -0.25) is 9.59 Å². The minimum absolute atomic E-state index is 0.0489. The Kier molecular flexibility index (Phi) is 5.87. The number of hydrogen-bond donors (Lipinski definition) is 0. The summed E-state index contributed by atoms with van der Waals surface area (Å²) in [5.74, 6) is 0.584. The predicted octanol–water partition coefficient (Wildman–Crippen LogP) is 4.54. The first-order chi connectivity index (χ1) is 12.2. The Morgan fingerprint density at radius 2 is 2.16 bits per heavy atom. The van der Waals surface area contributed by atoms with Crippen LogP contribution in [0, 0.1) is 0 Å². The summed E-state index contributed by atoms with van der Waals surface area (Å²) in [6.07, 6.45) is 3.89. The predicted molar refractivity (Wildman–Crippen MR) is 97.3 cm³/mol. The van der Waals surface area contributed by atoms with Gasteiger partial charge in [0.15, 0.2) is 0 Å². The van der Waals surface area contributed by atoms with Crippen LogP contribution in [0.25, 0.3) is 0 Å². The summed E-state index contributed by atoms with van der Waals surface area (Å²) in [6.45, 7) is 2.87. The third kappa shape index (κ3) is 4.28. The number of benzene rings is 1. The Morgan fingerprint density at radius 1 is 1.28 bits per heavy atom. The van der Waals surface area contributed by atoms with E-state index in [9.17, 15) is 9.59 Å². The van der Waals surface area contributed by atoms with Crippen molar-refractivity contribution < 1.29 is 19.1 Å². The van der Waals surface area contributed by atoms with Crippen molar-refractivity contribution in [3.05, 3.63) is 51.2 Å². The summed E-state index contributed by atoms with van der Waals surface area (Å²) in [7, 11) is 0. The number of ether oxygens (including phenoxy) is 2. The average Bonchev–Trinajstić information content (AvgIpc) is 3.03. The van der Waals surface area contributed by atoms with E-state index in [0.29, 0.717) is 30.9 Å². The van der Waals surface area contributed by atoms with Gasteiger partial charge >= 0.3 is 5.97 Å². The molecule has 0 saturated carbocycles. The lowest BCUT2D eigenvalue weighted by Gasteiger charge is -2.09. The molecular formula is C20H22O4S. The maximum absolute atomic E-state index is 12.7. The number of carbonyl (C=O) groups is 2. The first-order valence-electron chi connectivity index (χ1n) is 8.71. The Labute approximate surface area is 151 Å². The van der Waals surface area contributed by atoms with Gasteiger partial charge in [0.25, 0.3) is 0 Å². The van der Waals surface area contributed by atoms with Crippen LogP contribution >= 0.6 is 11.3 Å². The summed E-state index contributed by atoms with van der Waals surface area (Å²) < 4.78 is 10.9. The van der Waals surface area contributed by atoms with Gasteiger partial charge < -0.3 is 9.47 Å². The first kappa shape index (κ1) is 17.7. The van der Waals surface area contributed by atoms with Crippen molar-refractivity contribution in [2.45, 2.75) is 45.6 Å². The number of unbranched alkanes of at least 4 members (excludes halogenated alkanes) is 1. The third-order valence-corrected chi connectivity index (χ3v) is 5.16. The minimum atomic E-state index is -0.123. The van der Waals surface area contributed by atoms with E-state index in [0.717, 1.165) is 41.7 Å². The molecule has 0 saturated heterocycles. The molecule has 0 fully saturated rings. The van der Waals surface area contributed by atoms with Crippen molar-refractivity contribution in [3.63, 3.8) is 0 Å². The molecule has 1 aromatic heterocycles. The number of rotatable bonds is 7. The Morgan fingerprint density at radius 3 is 3.00 bits per heavy atom. The summed E-state index contributed by atoms with van der Waals surface area (Å²) >= 11 is 1.47. The highest BCUT2D eigenvalue weighted by molar-refractivity contribution is 7.12. The van der Waals surface area contributed by atoms with E-state index in [2.05, 4.69) is 0 Å². The van der Waals surface area contributed by atoms with Crippen LogP contribution in [0.5, 0.6) is 5.75 Å². The van der Waals surface area contributed by atoms with Crippen molar-refractivity contribution in [3.8, 4) is 5.75 Å². The normalized spacial score (nSPS) is 12.8. The fourth-order valence-electron chi connectivity index (χ4n) is 2.86. The highest BCUT2D eigenvalue weighted by Gasteiger charge is 2.23. The average molecular weight is 358 g/mol. The quantitative estimate of drug-likeness (QED) is 0.539. The zero-order valence-electron chi connectivity index (χ0n) is 14.4. The van der Waals surface area contributed by atoms with Crippen molar-refractivity contribution in [1.82, 2.24) is 0 Å². The van der Waals surface area contributed by atoms with E-state index in [1.165, 1.54) is 11.3 Å². The number of fused-ring (bicyclic) bond motifs is 2. The lowest BCUT2D eigenvalue weighted by Crippen LogP contribution is -2.05. The zero-order chi connectivity index (χ0) is 17.6. The lowest BCUT2D eigenvalue weighted by molar-refractivity contribution is -0.143. The molecule has 0 spiro atoms. The molecule has 5 heteroatoms. The van der Waals surface area contributed by atoms with Gasteiger partial charge in [0.1, 0.15) is 12.4 Å². The number of hydrogen-bond acceptors (Lipinski definition) is 5. The van der Waals surface area contributed by atoms with Crippen molar-refractivity contribution in [2.75, 3.05) is 6.61 Å². The van der Waals surface area contributed by atoms with Crippen LogP contribution in [0.4, 0.5) is 0 Å². The monoisotopic (exact) mass is 358 g/mol. The van der Waals surface area contributed by atoms with E-state index in [4.69, 9.17) is 9.47 Å². The Bertz CT molecular complexity index is 763. The summed E-state index contributed by atoms with van der Waals surface area (Å²) in [6, 6.07) is 7.79. The van der Waals surface area contributed by atoms with Crippen molar-refractivity contribution >= 4 is 23.1 Å². The molecule has 1 aromatic carbocycles. The molecule has 4 nitrogen and oxygen atoms in total. The van der Waals surface area contributed by atoms with Crippen LogP contribution < -0.4 is 4.74 Å². The molecule has 1 aliphatic heterocycles. The number of esters is 1. The maximum atomic E-state index is 12.7. The minimum Gasteiger partial charge on any atom is -0.488 e. The summed E-state index contributed by atoms with van der Waals surface area (Å²) in [5.41, 5.74) is 2.71. The first-order valence-corrected chi connectivity index (χ1v) is 9.59. The Balaban J connectivity index is 1.58. The molecular weight excluding hydrogens is 336 g/mol. The van der Waals surface area contributed by atoms with Gasteiger partial charge in [-0.2, -0.15) is 0 Å². The van der Waals surface area contributed by atoms with E-state index < -0.39 is 0 Å². The molecule has 1 aliphatic rings. The van der Waals surface area contributed by atoms with Gasteiger partial charge in [-0.1, -0.05) is 13.0 Å². The third-order valence-electron chi connectivity index (χ3n) is 4.20. The number of ketones is 1. The van der Waals surface area contributed by atoms with Crippen LogP contribution in [-0.4, -0.2) is 18.4 Å². The molecule has 3 rings (SSSR count). The largest absolute Gasteiger partial charge is 0.488 e.